The van der Waals surface area contributed by atoms with Gasteiger partial charge < -0.3 is 19.5 Å². The van der Waals surface area contributed by atoms with E-state index in [0.717, 1.165) is 19.4 Å². The monoisotopic (exact) mass is 271 g/mol. The van der Waals surface area contributed by atoms with Crippen molar-refractivity contribution in [1.82, 2.24) is 4.90 Å². The van der Waals surface area contributed by atoms with Gasteiger partial charge in [0.1, 0.15) is 5.60 Å². The summed E-state index contributed by atoms with van der Waals surface area (Å²) in [5.74, 6) is 0.322. The van der Waals surface area contributed by atoms with E-state index in [1.54, 1.807) is 4.90 Å². The average molecular weight is 271 g/mol. The van der Waals surface area contributed by atoms with Crippen LogP contribution < -0.4 is 0 Å². The zero-order valence-corrected chi connectivity index (χ0v) is 12.1. The summed E-state index contributed by atoms with van der Waals surface area (Å²) in [7, 11) is 0. The van der Waals surface area contributed by atoms with E-state index >= 15 is 0 Å². The highest BCUT2D eigenvalue weighted by atomic mass is 16.6. The van der Waals surface area contributed by atoms with Crippen molar-refractivity contribution >= 4 is 6.09 Å². The average Bonchev–Trinajstić information content (AvgIpc) is 2.75. The Labute approximate surface area is 114 Å². The number of aliphatic hydroxyl groups is 1. The van der Waals surface area contributed by atoms with Crippen LogP contribution in [0.15, 0.2) is 0 Å². The molecule has 5 heteroatoms. The van der Waals surface area contributed by atoms with Gasteiger partial charge in [0, 0.05) is 25.6 Å². The highest BCUT2D eigenvalue weighted by Crippen LogP contribution is 2.28. The number of likely N-dealkylation sites (tertiary alicyclic amines) is 1. The lowest BCUT2D eigenvalue weighted by Gasteiger charge is -2.31. The highest BCUT2D eigenvalue weighted by molar-refractivity contribution is 5.68. The molecule has 2 saturated heterocycles. The van der Waals surface area contributed by atoms with E-state index in [4.69, 9.17) is 9.47 Å². The fraction of sp³-hybridized carbons (Fsp3) is 0.929. The number of nitrogens with zero attached hydrogens (tertiary/aromatic N) is 1. The smallest absolute Gasteiger partial charge is 0.410 e. The summed E-state index contributed by atoms with van der Waals surface area (Å²) in [6.45, 7) is 7.63. The van der Waals surface area contributed by atoms with E-state index in [2.05, 4.69) is 0 Å². The molecular weight excluding hydrogens is 246 g/mol. The molecular formula is C14H25NO4. The van der Waals surface area contributed by atoms with Crippen molar-refractivity contribution in [3.8, 4) is 0 Å². The molecule has 110 valence electrons. The van der Waals surface area contributed by atoms with Gasteiger partial charge >= 0.3 is 6.09 Å². The van der Waals surface area contributed by atoms with E-state index in [1.165, 1.54) is 0 Å². The summed E-state index contributed by atoms with van der Waals surface area (Å²) < 4.78 is 11.1. The largest absolute Gasteiger partial charge is 0.444 e. The van der Waals surface area contributed by atoms with Gasteiger partial charge in [-0.15, -0.1) is 0 Å². The van der Waals surface area contributed by atoms with Crippen molar-refractivity contribution in [2.75, 3.05) is 19.7 Å². The van der Waals surface area contributed by atoms with Crippen molar-refractivity contribution < 1.29 is 19.4 Å². The standard InChI is InChI=1S/C14H25NO4/c1-14(2,3)19-13(17)15-6-4-10(9-15)12-8-11(16)5-7-18-12/h10-12,16H,4-9H2,1-3H3. The molecule has 19 heavy (non-hydrogen) atoms. The predicted molar refractivity (Wildman–Crippen MR) is 70.9 cm³/mol. The molecule has 3 atom stereocenters. The normalized spacial score (nSPS) is 32.4. The third kappa shape index (κ3) is 4.08. The SMILES string of the molecule is CC(C)(C)OC(=O)N1CCC(C2CC(O)CCO2)C1. The first kappa shape index (κ1) is 14.6. The van der Waals surface area contributed by atoms with Crippen LogP contribution in [0, 0.1) is 5.92 Å². The maximum absolute atomic E-state index is 12.0. The van der Waals surface area contributed by atoms with Crippen molar-refractivity contribution in [3.05, 3.63) is 0 Å². The quantitative estimate of drug-likeness (QED) is 0.790. The maximum Gasteiger partial charge on any atom is 0.410 e. The van der Waals surface area contributed by atoms with Crippen molar-refractivity contribution in [2.45, 2.75) is 57.8 Å². The molecule has 0 spiro atoms. The molecule has 0 aromatic rings. The molecule has 1 N–H and O–H groups in total. The second kappa shape index (κ2) is 5.67. The zero-order chi connectivity index (χ0) is 14.0. The molecule has 2 fully saturated rings. The number of hydrogen-bond donors (Lipinski definition) is 1. The van der Waals surface area contributed by atoms with Gasteiger partial charge in [0.05, 0.1) is 12.2 Å². The number of carbonyl (C=O) groups is 1. The molecule has 0 aromatic carbocycles. The fourth-order valence-corrected chi connectivity index (χ4v) is 2.72. The Morgan fingerprint density at radius 2 is 2.11 bits per heavy atom. The molecule has 0 aromatic heterocycles. The molecule has 2 heterocycles. The fourth-order valence-electron chi connectivity index (χ4n) is 2.72. The minimum absolute atomic E-state index is 0.0798. The lowest BCUT2D eigenvalue weighted by Crippen LogP contribution is -2.38. The van der Waals surface area contributed by atoms with Gasteiger partial charge in [-0.2, -0.15) is 0 Å². The Kier molecular flexibility index (Phi) is 4.36. The van der Waals surface area contributed by atoms with Crippen LogP contribution in [0.25, 0.3) is 0 Å². The summed E-state index contributed by atoms with van der Waals surface area (Å²) in [4.78, 5) is 13.7. The van der Waals surface area contributed by atoms with Gasteiger partial charge in [-0.05, 0) is 40.0 Å². The van der Waals surface area contributed by atoms with Gasteiger partial charge in [0.25, 0.3) is 0 Å². The lowest BCUT2D eigenvalue weighted by molar-refractivity contribution is -0.0671. The number of ether oxygens (including phenoxy) is 2. The molecule has 2 aliphatic heterocycles. The van der Waals surface area contributed by atoms with Gasteiger partial charge in [-0.1, -0.05) is 0 Å². The van der Waals surface area contributed by atoms with Crippen LogP contribution in [-0.2, 0) is 9.47 Å². The Morgan fingerprint density at radius 3 is 2.74 bits per heavy atom. The minimum Gasteiger partial charge on any atom is -0.444 e. The Morgan fingerprint density at radius 1 is 1.37 bits per heavy atom. The molecule has 0 saturated carbocycles. The Balaban J connectivity index is 1.84. The third-order valence-electron chi connectivity index (χ3n) is 3.69. The molecule has 0 radical (unpaired) electrons. The summed E-state index contributed by atoms with van der Waals surface area (Å²) in [5, 5.41) is 9.68. The van der Waals surface area contributed by atoms with Crippen LogP contribution in [0.4, 0.5) is 4.79 Å². The summed E-state index contributed by atoms with van der Waals surface area (Å²) in [6.07, 6.45) is 1.92. The van der Waals surface area contributed by atoms with Crippen LogP contribution in [0.5, 0.6) is 0 Å². The first-order chi connectivity index (χ1) is 8.85. The predicted octanol–water partition coefficient (Wildman–Crippen LogP) is 1.78. The second-order valence-electron chi connectivity index (χ2n) is 6.56. The van der Waals surface area contributed by atoms with Gasteiger partial charge in [0.15, 0.2) is 0 Å². The zero-order valence-electron chi connectivity index (χ0n) is 12.1. The van der Waals surface area contributed by atoms with Crippen LogP contribution in [0.3, 0.4) is 0 Å². The van der Waals surface area contributed by atoms with E-state index in [0.29, 0.717) is 25.5 Å². The number of carbonyl (C=O) groups excluding carboxylic acids is 1. The first-order valence-corrected chi connectivity index (χ1v) is 7.13. The van der Waals surface area contributed by atoms with E-state index in [9.17, 15) is 9.90 Å². The summed E-state index contributed by atoms with van der Waals surface area (Å²) in [5.41, 5.74) is -0.452. The molecule has 5 nitrogen and oxygen atoms in total. The Hall–Kier alpha value is -0.810. The Bertz CT molecular complexity index is 326. The van der Waals surface area contributed by atoms with Gasteiger partial charge in [-0.3, -0.25) is 0 Å². The van der Waals surface area contributed by atoms with E-state index in [-0.39, 0.29) is 18.3 Å². The molecule has 1 amide bonds. The van der Waals surface area contributed by atoms with E-state index in [1.807, 2.05) is 20.8 Å². The second-order valence-corrected chi connectivity index (χ2v) is 6.56. The highest BCUT2D eigenvalue weighted by Gasteiger charge is 2.36. The third-order valence-corrected chi connectivity index (χ3v) is 3.69. The van der Waals surface area contributed by atoms with Crippen molar-refractivity contribution in [1.29, 1.82) is 0 Å². The van der Waals surface area contributed by atoms with Crippen LogP contribution in [-0.4, -0.2) is 53.6 Å². The summed E-state index contributed by atoms with van der Waals surface area (Å²) in [6, 6.07) is 0. The number of rotatable bonds is 1. The number of amides is 1. The minimum atomic E-state index is -0.452. The van der Waals surface area contributed by atoms with Gasteiger partial charge in [-0.25, -0.2) is 4.79 Å². The van der Waals surface area contributed by atoms with Crippen LogP contribution in [0.2, 0.25) is 0 Å². The number of hydrogen-bond acceptors (Lipinski definition) is 4. The topological polar surface area (TPSA) is 59.0 Å². The number of aliphatic hydroxyl groups excluding tert-OH is 1. The van der Waals surface area contributed by atoms with Crippen LogP contribution >= 0.6 is 0 Å². The molecule has 2 aliphatic rings. The summed E-state index contributed by atoms with van der Waals surface area (Å²) >= 11 is 0. The molecule has 2 rings (SSSR count). The lowest BCUT2D eigenvalue weighted by atomic mass is 9.93. The maximum atomic E-state index is 12.0. The van der Waals surface area contributed by atoms with Crippen LogP contribution in [0.1, 0.15) is 40.0 Å². The van der Waals surface area contributed by atoms with Gasteiger partial charge in [0.2, 0.25) is 0 Å². The van der Waals surface area contributed by atoms with E-state index < -0.39 is 5.60 Å². The van der Waals surface area contributed by atoms with Crippen molar-refractivity contribution in [2.24, 2.45) is 5.92 Å². The molecule has 3 unspecified atom stereocenters. The molecule has 0 bridgehead atoms. The molecule has 0 aliphatic carbocycles. The first-order valence-electron chi connectivity index (χ1n) is 7.13. The van der Waals surface area contributed by atoms with Crippen molar-refractivity contribution in [3.63, 3.8) is 0 Å².